The highest BCUT2D eigenvalue weighted by molar-refractivity contribution is 5.75. The monoisotopic (exact) mass is 101 g/mol. The number of hydrogen-bond donors (Lipinski definition) is 1. The molecule has 1 amide bonds. The van der Waals surface area contributed by atoms with Crippen molar-refractivity contribution >= 4 is 5.91 Å². The molecule has 0 heterocycles. The van der Waals surface area contributed by atoms with Crippen molar-refractivity contribution in [1.29, 1.82) is 0 Å². The molecular weight excluding hydrogens is 92.1 g/mol. The second-order valence-corrected chi connectivity index (χ2v) is 1.17. The lowest BCUT2D eigenvalue weighted by molar-refractivity contribution is -0.120. The molecule has 2 N–H and O–H groups in total. The minimum atomic E-state index is -0.0602. The van der Waals surface area contributed by atoms with Crippen LogP contribution in [-0.4, -0.2) is 19.5 Å². The highest BCUT2D eigenvalue weighted by atomic mass is 16.1. The van der Waals surface area contributed by atoms with E-state index in [4.69, 9.17) is 5.73 Å². The van der Waals surface area contributed by atoms with Gasteiger partial charge in [0.25, 0.3) is 0 Å². The standard InChI is InChI=1S/C4H9N2O/c1-6-4(7)2-3-5/h5H,2-3H2,1H3,(H,6,7). The maximum atomic E-state index is 10.2. The van der Waals surface area contributed by atoms with E-state index < -0.39 is 0 Å². The summed E-state index contributed by atoms with van der Waals surface area (Å²) in [5, 5.41) is 2.41. The Morgan fingerprint density at radius 3 is 2.57 bits per heavy atom. The van der Waals surface area contributed by atoms with Crippen LogP contribution in [0.5, 0.6) is 0 Å². The van der Waals surface area contributed by atoms with Gasteiger partial charge in [0.2, 0.25) is 5.91 Å². The summed E-state index contributed by atoms with van der Waals surface area (Å²) >= 11 is 0. The van der Waals surface area contributed by atoms with Crippen molar-refractivity contribution in [2.24, 2.45) is 0 Å². The van der Waals surface area contributed by atoms with Gasteiger partial charge in [-0.2, -0.15) is 0 Å². The molecule has 7 heavy (non-hydrogen) atoms. The van der Waals surface area contributed by atoms with Crippen LogP contribution in [-0.2, 0) is 4.79 Å². The van der Waals surface area contributed by atoms with Crippen molar-refractivity contribution in [2.45, 2.75) is 6.42 Å². The van der Waals surface area contributed by atoms with Crippen molar-refractivity contribution in [1.82, 2.24) is 11.1 Å². The predicted octanol–water partition coefficient (Wildman–Crippen LogP) is -0.595. The molecule has 0 aliphatic heterocycles. The summed E-state index contributed by atoms with van der Waals surface area (Å²) in [6.45, 7) is 0.180. The number of amides is 1. The van der Waals surface area contributed by atoms with E-state index in [-0.39, 0.29) is 12.5 Å². The summed E-state index contributed by atoms with van der Waals surface area (Å²) in [6.07, 6.45) is 0.316. The van der Waals surface area contributed by atoms with Gasteiger partial charge < -0.3 is 5.32 Å². The first-order valence-electron chi connectivity index (χ1n) is 2.16. The van der Waals surface area contributed by atoms with Crippen LogP contribution in [0.25, 0.3) is 0 Å². The highest BCUT2D eigenvalue weighted by Gasteiger charge is 1.90. The third-order valence-corrected chi connectivity index (χ3v) is 0.631. The van der Waals surface area contributed by atoms with Crippen molar-refractivity contribution in [3.8, 4) is 0 Å². The lowest BCUT2D eigenvalue weighted by Gasteiger charge is -1.90. The number of carbonyl (C=O) groups is 1. The molecule has 3 heteroatoms. The van der Waals surface area contributed by atoms with Crippen LogP contribution < -0.4 is 11.1 Å². The first-order chi connectivity index (χ1) is 3.31. The van der Waals surface area contributed by atoms with E-state index >= 15 is 0 Å². The molecule has 0 saturated heterocycles. The molecule has 0 aliphatic rings. The van der Waals surface area contributed by atoms with Gasteiger partial charge >= 0.3 is 0 Å². The summed E-state index contributed by atoms with van der Waals surface area (Å²) in [7, 11) is 1.57. The minimum Gasteiger partial charge on any atom is -0.359 e. The van der Waals surface area contributed by atoms with Gasteiger partial charge in [0.15, 0.2) is 0 Å². The molecule has 41 valence electrons. The fourth-order valence-corrected chi connectivity index (χ4v) is 0.239. The Morgan fingerprint density at radius 1 is 1.86 bits per heavy atom. The molecule has 3 nitrogen and oxygen atoms in total. The Morgan fingerprint density at radius 2 is 2.43 bits per heavy atom. The summed E-state index contributed by atoms with van der Waals surface area (Å²) in [5.41, 5.74) is 6.58. The molecule has 1 radical (unpaired) electrons. The fourth-order valence-electron chi connectivity index (χ4n) is 0.239. The maximum absolute atomic E-state index is 10.2. The smallest absolute Gasteiger partial charge is 0.221 e. The lowest BCUT2D eigenvalue weighted by Crippen LogP contribution is -2.18. The second-order valence-electron chi connectivity index (χ2n) is 1.17. The highest BCUT2D eigenvalue weighted by Crippen LogP contribution is 1.70. The van der Waals surface area contributed by atoms with Crippen LogP contribution in [0.15, 0.2) is 0 Å². The zero-order chi connectivity index (χ0) is 5.70. The molecule has 0 unspecified atom stereocenters. The Labute approximate surface area is 42.9 Å². The zero-order valence-electron chi connectivity index (χ0n) is 4.32. The topological polar surface area (TPSA) is 52.9 Å². The Kier molecular flexibility index (Phi) is 3.32. The second kappa shape index (κ2) is 3.61. The molecule has 0 aromatic rings. The van der Waals surface area contributed by atoms with Gasteiger partial charge in [-0.25, -0.2) is 0 Å². The molecular formula is C4H9N2O. The third kappa shape index (κ3) is 3.26. The average Bonchev–Trinajstić information content (AvgIpc) is 1.68. The van der Waals surface area contributed by atoms with E-state index in [9.17, 15) is 4.79 Å². The first kappa shape index (κ1) is 6.43. The van der Waals surface area contributed by atoms with E-state index in [2.05, 4.69) is 5.32 Å². The van der Waals surface area contributed by atoms with Gasteiger partial charge in [-0.3, -0.25) is 10.5 Å². The molecule has 0 fully saturated rings. The molecule has 0 rings (SSSR count). The summed E-state index contributed by atoms with van der Waals surface area (Å²) in [5.74, 6) is -0.0602. The molecule has 0 saturated carbocycles. The van der Waals surface area contributed by atoms with Crippen LogP contribution in [0.1, 0.15) is 6.42 Å². The van der Waals surface area contributed by atoms with Crippen molar-refractivity contribution in [3.63, 3.8) is 0 Å². The van der Waals surface area contributed by atoms with Gasteiger partial charge in [0.05, 0.1) is 0 Å². The lowest BCUT2D eigenvalue weighted by atomic mass is 10.4. The SMILES string of the molecule is CNC(=O)CC[NH]. The number of nitrogens with one attached hydrogen (secondary N) is 2. The van der Waals surface area contributed by atoms with Crippen LogP contribution in [0.4, 0.5) is 0 Å². The minimum absolute atomic E-state index is 0.0602. The Bertz CT molecular complexity index is 62.7. The molecule has 0 aliphatic carbocycles. The molecule has 0 bridgehead atoms. The molecule has 0 aromatic carbocycles. The van der Waals surface area contributed by atoms with E-state index in [1.165, 1.54) is 0 Å². The van der Waals surface area contributed by atoms with Gasteiger partial charge in [-0.15, -0.1) is 0 Å². The molecule has 0 spiro atoms. The summed E-state index contributed by atoms with van der Waals surface area (Å²) in [4.78, 5) is 10.2. The van der Waals surface area contributed by atoms with Gasteiger partial charge in [0, 0.05) is 20.0 Å². The quantitative estimate of drug-likeness (QED) is 0.496. The van der Waals surface area contributed by atoms with E-state index in [0.717, 1.165) is 0 Å². The summed E-state index contributed by atoms with van der Waals surface area (Å²) in [6, 6.07) is 0. The zero-order valence-corrected chi connectivity index (χ0v) is 4.32. The number of rotatable bonds is 2. The van der Waals surface area contributed by atoms with Gasteiger partial charge in [-0.1, -0.05) is 0 Å². The van der Waals surface area contributed by atoms with E-state index in [0.29, 0.717) is 6.42 Å². The van der Waals surface area contributed by atoms with Gasteiger partial charge in [0.1, 0.15) is 0 Å². The predicted molar refractivity (Wildman–Crippen MR) is 26.6 cm³/mol. The maximum Gasteiger partial charge on any atom is 0.221 e. The van der Waals surface area contributed by atoms with Crippen molar-refractivity contribution in [3.05, 3.63) is 0 Å². The van der Waals surface area contributed by atoms with Crippen molar-refractivity contribution < 1.29 is 4.79 Å². The van der Waals surface area contributed by atoms with E-state index in [1.807, 2.05) is 0 Å². The Hall–Kier alpha value is -0.570. The van der Waals surface area contributed by atoms with Crippen LogP contribution in [0.2, 0.25) is 0 Å². The molecule has 0 aromatic heterocycles. The Balaban J connectivity index is 3.00. The third-order valence-electron chi connectivity index (χ3n) is 0.631. The van der Waals surface area contributed by atoms with E-state index in [1.54, 1.807) is 7.05 Å². The largest absolute Gasteiger partial charge is 0.359 e. The normalized spacial score (nSPS) is 8.29. The van der Waals surface area contributed by atoms with Crippen molar-refractivity contribution in [2.75, 3.05) is 13.6 Å². The van der Waals surface area contributed by atoms with Crippen LogP contribution >= 0.6 is 0 Å². The summed E-state index contributed by atoms with van der Waals surface area (Å²) < 4.78 is 0. The average molecular weight is 101 g/mol. The fraction of sp³-hybridized carbons (Fsp3) is 0.750. The van der Waals surface area contributed by atoms with Crippen LogP contribution in [0.3, 0.4) is 0 Å². The first-order valence-corrected chi connectivity index (χ1v) is 2.16. The number of carbonyl (C=O) groups excluding carboxylic acids is 1. The molecule has 0 atom stereocenters. The number of hydrogen-bond acceptors (Lipinski definition) is 1. The van der Waals surface area contributed by atoms with Crippen LogP contribution in [0, 0.1) is 0 Å². The van der Waals surface area contributed by atoms with Gasteiger partial charge in [-0.05, 0) is 0 Å².